The average Bonchev–Trinajstić information content (AvgIpc) is 2.17. The summed E-state index contributed by atoms with van der Waals surface area (Å²) in [5.41, 5.74) is 2.14. The van der Waals surface area contributed by atoms with Crippen LogP contribution in [0, 0.1) is 11.8 Å². The fourth-order valence-corrected chi connectivity index (χ4v) is 0.963. The molecule has 0 saturated carbocycles. The van der Waals surface area contributed by atoms with Gasteiger partial charge in [-0.2, -0.15) is 0 Å². The largest absolute Gasteiger partial charge is 0.265 e. The van der Waals surface area contributed by atoms with Crippen LogP contribution in [-0.2, 0) is 0 Å². The normalized spacial score (nSPS) is 10.5. The van der Waals surface area contributed by atoms with Crippen molar-refractivity contribution in [2.24, 2.45) is 0 Å². The molecule has 66 valence electrons. The summed E-state index contributed by atoms with van der Waals surface area (Å²) in [6.07, 6.45) is 6.66. The van der Waals surface area contributed by atoms with Gasteiger partial charge >= 0.3 is 0 Å². The van der Waals surface area contributed by atoms with Crippen LogP contribution in [0.5, 0.6) is 0 Å². The molecule has 1 rings (SSSR count). The van der Waals surface area contributed by atoms with Crippen LogP contribution in [0.2, 0.25) is 0 Å². The average molecular weight is 171 g/mol. The van der Waals surface area contributed by atoms with Crippen LogP contribution >= 0.6 is 0 Å². The third-order valence-corrected chi connectivity index (χ3v) is 1.59. The van der Waals surface area contributed by atoms with Crippen LogP contribution in [0.25, 0.3) is 0 Å². The first-order chi connectivity index (χ1) is 6.33. The number of hydrogen-bond acceptors (Lipinski definition) is 1. The number of rotatable bonds is 1. The van der Waals surface area contributed by atoms with Crippen LogP contribution in [0.3, 0.4) is 0 Å². The monoisotopic (exact) mass is 171 g/mol. The molecule has 1 heteroatoms. The molecule has 1 nitrogen and oxygen atoms in total. The van der Waals surface area contributed by atoms with Crippen molar-refractivity contribution in [3.63, 3.8) is 0 Å². The molecule has 0 fully saturated rings. The van der Waals surface area contributed by atoms with E-state index in [1.807, 2.05) is 19.1 Å². The predicted molar refractivity (Wildman–Crippen MR) is 55.2 cm³/mol. The maximum Gasteiger partial charge on any atom is 0.0280 e. The number of nitrogens with zero attached hydrogens (tertiary/aromatic N) is 1. The minimum Gasteiger partial charge on any atom is -0.265 e. The van der Waals surface area contributed by atoms with Crippen molar-refractivity contribution >= 4 is 0 Å². The van der Waals surface area contributed by atoms with E-state index >= 15 is 0 Å². The van der Waals surface area contributed by atoms with Crippen molar-refractivity contribution in [1.29, 1.82) is 0 Å². The van der Waals surface area contributed by atoms with Gasteiger partial charge < -0.3 is 0 Å². The van der Waals surface area contributed by atoms with Gasteiger partial charge in [-0.25, -0.2) is 0 Å². The zero-order chi connectivity index (χ0) is 9.52. The molecule has 0 atom stereocenters. The fourth-order valence-electron chi connectivity index (χ4n) is 0.963. The van der Waals surface area contributed by atoms with Gasteiger partial charge in [0.1, 0.15) is 0 Å². The third-order valence-electron chi connectivity index (χ3n) is 1.59. The molecule has 0 amide bonds. The predicted octanol–water partition coefficient (Wildman–Crippen LogP) is 2.79. The standard InChI is InChI=1S/C12H13N/c1-3-4-11(2)5-6-12-7-9-13-10-8-12/h4,7-10H,3H2,1-2H3/b11-4+. The molecule has 0 aliphatic carbocycles. The molecular weight excluding hydrogens is 158 g/mol. The fraction of sp³-hybridized carbons (Fsp3) is 0.250. The van der Waals surface area contributed by atoms with Gasteiger partial charge in [-0.15, -0.1) is 0 Å². The van der Waals surface area contributed by atoms with E-state index in [1.165, 1.54) is 0 Å². The van der Waals surface area contributed by atoms with Crippen molar-refractivity contribution in [3.05, 3.63) is 41.7 Å². The Morgan fingerprint density at radius 2 is 2.15 bits per heavy atom. The Balaban J connectivity index is 2.73. The van der Waals surface area contributed by atoms with Gasteiger partial charge in [0.05, 0.1) is 0 Å². The van der Waals surface area contributed by atoms with Crippen LogP contribution < -0.4 is 0 Å². The zero-order valence-corrected chi connectivity index (χ0v) is 8.04. The molecule has 0 radical (unpaired) electrons. The summed E-state index contributed by atoms with van der Waals surface area (Å²) in [6.45, 7) is 4.13. The number of hydrogen-bond donors (Lipinski definition) is 0. The second kappa shape index (κ2) is 5.16. The van der Waals surface area contributed by atoms with E-state index in [4.69, 9.17) is 0 Å². The lowest BCUT2D eigenvalue weighted by atomic mass is 10.2. The van der Waals surface area contributed by atoms with Crippen LogP contribution in [0.1, 0.15) is 25.8 Å². The topological polar surface area (TPSA) is 12.9 Å². The van der Waals surface area contributed by atoms with Crippen molar-refractivity contribution in [3.8, 4) is 11.8 Å². The molecule has 0 unspecified atom stereocenters. The molecule has 13 heavy (non-hydrogen) atoms. The van der Waals surface area contributed by atoms with Gasteiger partial charge in [0.25, 0.3) is 0 Å². The lowest BCUT2D eigenvalue weighted by Crippen LogP contribution is -1.75. The maximum absolute atomic E-state index is 3.93. The van der Waals surface area contributed by atoms with Gasteiger partial charge in [0.15, 0.2) is 0 Å². The van der Waals surface area contributed by atoms with Crippen molar-refractivity contribution in [1.82, 2.24) is 4.98 Å². The molecule has 0 N–H and O–H groups in total. The van der Waals surface area contributed by atoms with E-state index in [1.54, 1.807) is 12.4 Å². The first kappa shape index (κ1) is 9.54. The lowest BCUT2D eigenvalue weighted by molar-refractivity contribution is 1.20. The second-order valence-electron chi connectivity index (χ2n) is 2.78. The molecule has 1 aromatic rings. The number of pyridine rings is 1. The molecule has 0 aliphatic rings. The van der Waals surface area contributed by atoms with Crippen molar-refractivity contribution in [2.45, 2.75) is 20.3 Å². The summed E-state index contributed by atoms with van der Waals surface area (Å²) in [4.78, 5) is 3.93. The van der Waals surface area contributed by atoms with Crippen molar-refractivity contribution in [2.75, 3.05) is 0 Å². The van der Waals surface area contributed by atoms with E-state index < -0.39 is 0 Å². The lowest BCUT2D eigenvalue weighted by Gasteiger charge is -1.87. The Morgan fingerprint density at radius 1 is 1.46 bits per heavy atom. The smallest absolute Gasteiger partial charge is 0.0280 e. The first-order valence-corrected chi connectivity index (χ1v) is 4.41. The van der Waals surface area contributed by atoms with Gasteiger partial charge in [0.2, 0.25) is 0 Å². The summed E-state index contributed by atoms with van der Waals surface area (Å²) in [5.74, 6) is 6.15. The second-order valence-corrected chi connectivity index (χ2v) is 2.78. The Bertz CT molecular complexity index is 338. The maximum atomic E-state index is 3.93. The Labute approximate surface area is 79.5 Å². The van der Waals surface area contributed by atoms with E-state index in [0.717, 1.165) is 17.6 Å². The molecule has 1 aromatic heterocycles. The SMILES string of the molecule is CC/C=C(\C)C#Cc1ccncc1. The van der Waals surface area contributed by atoms with Gasteiger partial charge in [-0.3, -0.25) is 4.98 Å². The summed E-state index contributed by atoms with van der Waals surface area (Å²) in [5, 5.41) is 0. The summed E-state index contributed by atoms with van der Waals surface area (Å²) < 4.78 is 0. The van der Waals surface area contributed by atoms with E-state index in [0.29, 0.717) is 0 Å². The highest BCUT2D eigenvalue weighted by atomic mass is 14.6. The third kappa shape index (κ3) is 3.57. The van der Waals surface area contributed by atoms with Gasteiger partial charge in [0, 0.05) is 18.0 Å². The van der Waals surface area contributed by atoms with Crippen LogP contribution in [-0.4, -0.2) is 4.98 Å². The molecule has 0 saturated heterocycles. The van der Waals surface area contributed by atoms with E-state index in [-0.39, 0.29) is 0 Å². The molecule has 0 aliphatic heterocycles. The van der Waals surface area contributed by atoms with Crippen LogP contribution in [0.4, 0.5) is 0 Å². The van der Waals surface area contributed by atoms with Gasteiger partial charge in [-0.05, 0) is 31.1 Å². The molecule has 0 bridgehead atoms. The zero-order valence-electron chi connectivity index (χ0n) is 8.04. The van der Waals surface area contributed by atoms with Crippen LogP contribution in [0.15, 0.2) is 36.2 Å². The minimum absolute atomic E-state index is 1.01. The quantitative estimate of drug-likeness (QED) is 0.592. The highest BCUT2D eigenvalue weighted by molar-refractivity contribution is 5.38. The molecular formula is C12H13N. The Kier molecular flexibility index (Phi) is 3.78. The Morgan fingerprint density at radius 3 is 2.77 bits per heavy atom. The first-order valence-electron chi connectivity index (χ1n) is 4.41. The molecule has 0 aromatic carbocycles. The Hall–Kier alpha value is -1.55. The highest BCUT2D eigenvalue weighted by Crippen LogP contribution is 1.96. The summed E-state index contributed by atoms with van der Waals surface area (Å²) in [7, 11) is 0. The van der Waals surface area contributed by atoms with E-state index in [2.05, 4.69) is 29.8 Å². The summed E-state index contributed by atoms with van der Waals surface area (Å²) in [6, 6.07) is 3.82. The highest BCUT2D eigenvalue weighted by Gasteiger charge is 1.82. The molecule has 1 heterocycles. The number of aromatic nitrogens is 1. The van der Waals surface area contributed by atoms with Gasteiger partial charge in [-0.1, -0.05) is 24.8 Å². The minimum atomic E-state index is 1.01. The van der Waals surface area contributed by atoms with Crippen molar-refractivity contribution < 1.29 is 0 Å². The molecule has 0 spiro atoms. The van der Waals surface area contributed by atoms with E-state index in [9.17, 15) is 0 Å². The number of allylic oxidation sites excluding steroid dienone is 2. The summed E-state index contributed by atoms with van der Waals surface area (Å²) >= 11 is 0.